The van der Waals surface area contributed by atoms with Crippen molar-refractivity contribution >= 4 is 86.6 Å². The monoisotopic (exact) mass is 1020 g/mol. The van der Waals surface area contributed by atoms with Gasteiger partial charge in [0.25, 0.3) is 0 Å². The summed E-state index contributed by atoms with van der Waals surface area (Å²) >= 11 is 0. The van der Waals surface area contributed by atoms with Crippen LogP contribution in [-0.4, -0.2) is 142 Å². The topological polar surface area (TPSA) is 375 Å². The number of carbonyl (C=O) groups is 10. The van der Waals surface area contributed by atoms with Gasteiger partial charge in [0.15, 0.2) is 5.96 Å². The molecule has 2 heterocycles. The van der Waals surface area contributed by atoms with Crippen molar-refractivity contribution < 1.29 is 47.9 Å². The van der Waals surface area contributed by atoms with Gasteiger partial charge in [0, 0.05) is 36.4 Å². The molecule has 1 aliphatic carbocycles. The summed E-state index contributed by atoms with van der Waals surface area (Å²) in [5.41, 5.74) is 22.4. The van der Waals surface area contributed by atoms with Crippen LogP contribution < -0.4 is 60.2 Å². The molecule has 15 N–H and O–H groups in total. The molecule has 0 bridgehead atoms. The summed E-state index contributed by atoms with van der Waals surface area (Å²) in [6.07, 6.45) is 4.00. The lowest BCUT2D eigenvalue weighted by Crippen LogP contribution is -2.61. The third-order valence-corrected chi connectivity index (χ3v) is 15.5. The second-order valence-corrected chi connectivity index (χ2v) is 21.0. The van der Waals surface area contributed by atoms with Crippen LogP contribution >= 0.6 is 21.6 Å². The Bertz CT molecular complexity index is 2090. The minimum Gasteiger partial charge on any atom is -0.370 e. The van der Waals surface area contributed by atoms with Crippen LogP contribution in [0.5, 0.6) is 0 Å². The van der Waals surface area contributed by atoms with Gasteiger partial charge in [-0.25, -0.2) is 0 Å². The van der Waals surface area contributed by atoms with Crippen molar-refractivity contribution in [2.24, 2.45) is 33.8 Å². The van der Waals surface area contributed by atoms with E-state index >= 15 is 0 Å². The molecule has 1 aromatic carbocycles. The van der Waals surface area contributed by atoms with Gasteiger partial charge in [-0.2, -0.15) is 0 Å². The van der Waals surface area contributed by atoms with Gasteiger partial charge in [0.1, 0.15) is 42.3 Å². The van der Waals surface area contributed by atoms with Gasteiger partial charge in [0.2, 0.25) is 59.1 Å². The first kappa shape index (κ1) is 56.5. The highest BCUT2D eigenvalue weighted by Gasteiger charge is 2.42. The maximum atomic E-state index is 14.8. The molecule has 1 saturated carbocycles. The lowest BCUT2D eigenvalue weighted by Gasteiger charge is -2.36. The van der Waals surface area contributed by atoms with Crippen molar-refractivity contribution in [3.05, 3.63) is 35.9 Å². The SMILES string of the molecule is CC(C)[C@@H]1NC(=O)[C@H](Cc2ccccc2)NC(=O)[C@@H](C)NC(=O)CC2(CCCCC2)SSC[C@@H](C(=O)N2CCC[C@H]2C(=O)N[C@@H](CCCN=C(N)N)C(=O)NCC(N)=O)NC(=O)[C@H](CC(N)=O)NC1=O. The molecule has 0 unspecified atom stereocenters. The Morgan fingerprint density at radius 2 is 1.50 bits per heavy atom. The molecule has 2 saturated heterocycles. The molecule has 7 atom stereocenters. The first-order chi connectivity index (χ1) is 33.2. The van der Waals surface area contributed by atoms with E-state index in [2.05, 4.69) is 42.2 Å². The second-order valence-electron chi connectivity index (χ2n) is 18.2. The Hall–Kier alpha value is -6.11. The number of nitrogens with zero attached hydrogens (tertiary/aromatic N) is 2. The molecule has 1 aromatic rings. The summed E-state index contributed by atoms with van der Waals surface area (Å²) in [5.74, 6) is -8.31. The normalized spacial score (nSPS) is 24.4. The van der Waals surface area contributed by atoms with E-state index in [1.54, 1.807) is 44.2 Å². The zero-order valence-electron chi connectivity index (χ0n) is 39.9. The number of hydrogen-bond donors (Lipinski definition) is 11. The molecule has 2 aliphatic heterocycles. The molecular weight excluding hydrogens is 947 g/mol. The highest BCUT2D eigenvalue weighted by atomic mass is 33.1. The third kappa shape index (κ3) is 17.7. The van der Waals surface area contributed by atoms with Crippen LogP contribution in [0, 0.1) is 5.92 Å². The molecule has 3 aliphatic rings. The minimum atomic E-state index is -1.63. The molecule has 386 valence electrons. The fourth-order valence-electron chi connectivity index (χ4n) is 8.47. The van der Waals surface area contributed by atoms with Crippen molar-refractivity contribution in [1.29, 1.82) is 0 Å². The molecule has 23 nitrogen and oxygen atoms in total. The molecular formula is C45H69N13O10S2. The maximum absolute atomic E-state index is 14.8. The van der Waals surface area contributed by atoms with Crippen molar-refractivity contribution in [2.45, 2.75) is 145 Å². The Kier molecular flexibility index (Phi) is 22.0. The number of guanidine groups is 1. The van der Waals surface area contributed by atoms with Gasteiger partial charge in [-0.05, 0) is 56.9 Å². The fraction of sp³-hybridized carbons (Fsp3) is 0.622. The van der Waals surface area contributed by atoms with Crippen LogP contribution in [0.3, 0.4) is 0 Å². The number of aliphatic imine (C=N–C) groups is 1. The zero-order valence-corrected chi connectivity index (χ0v) is 41.6. The van der Waals surface area contributed by atoms with Gasteiger partial charge in [-0.15, -0.1) is 0 Å². The van der Waals surface area contributed by atoms with E-state index in [0.717, 1.165) is 19.3 Å². The maximum Gasteiger partial charge on any atom is 0.246 e. The Labute approximate surface area is 415 Å². The van der Waals surface area contributed by atoms with Gasteiger partial charge in [0.05, 0.1) is 13.0 Å². The molecule has 25 heteroatoms. The number of rotatable bonds is 15. The summed E-state index contributed by atoms with van der Waals surface area (Å²) in [5, 5.41) is 18.5. The first-order valence-electron chi connectivity index (χ1n) is 23.5. The van der Waals surface area contributed by atoms with Crippen molar-refractivity contribution in [2.75, 3.05) is 25.4 Å². The summed E-state index contributed by atoms with van der Waals surface area (Å²) in [4.78, 5) is 141. The Balaban J connectivity index is 1.69. The van der Waals surface area contributed by atoms with Gasteiger partial charge in [-0.3, -0.25) is 52.9 Å². The third-order valence-electron chi connectivity index (χ3n) is 12.2. The molecule has 0 aromatic heterocycles. The standard InChI is InChI=1S/C45H69N13O10S2/c1-25(2)36-42(67)55-30(21-33(46)59)39(64)56-31(43(68)58-19-11-15-32(58)41(66)53-28(14-10-18-50-44(48)49)38(63)51-23-34(47)60)24-69-70-45(16-8-5-9-17-45)22-35(61)52-26(3)37(62)54-29(40(65)57-36)20-27-12-6-4-7-13-27/h4,6-7,12-13,25-26,28-32,36H,5,8-11,14-24H2,1-3H3,(H2,46,59)(H2,47,60)(H,51,63)(H,52,61)(H,53,66)(H,54,62)(H,55,67)(H,56,64)(H,57,65)(H4,48,49,50)/t26-,28+,29+,30+,31+,32+,36+/m1/s1. The molecule has 3 fully saturated rings. The van der Waals surface area contributed by atoms with Crippen molar-refractivity contribution in [3.63, 3.8) is 0 Å². The quantitative estimate of drug-likeness (QED) is 0.0386. The Morgan fingerprint density at radius 3 is 2.14 bits per heavy atom. The fourth-order valence-corrected chi connectivity index (χ4v) is 11.8. The number of nitrogens with two attached hydrogens (primary N) is 4. The van der Waals surface area contributed by atoms with Gasteiger partial charge in [-0.1, -0.05) is 85.0 Å². The number of benzene rings is 1. The summed E-state index contributed by atoms with van der Waals surface area (Å²) < 4.78 is -0.646. The van der Waals surface area contributed by atoms with Gasteiger partial charge >= 0.3 is 0 Å². The van der Waals surface area contributed by atoms with E-state index in [-0.39, 0.29) is 56.9 Å². The molecule has 1 spiro atoms. The van der Waals surface area contributed by atoms with E-state index < -0.39 is 125 Å². The molecule has 0 radical (unpaired) electrons. The van der Waals surface area contributed by atoms with Crippen LogP contribution in [-0.2, 0) is 54.4 Å². The Morgan fingerprint density at radius 1 is 0.829 bits per heavy atom. The highest BCUT2D eigenvalue weighted by Crippen LogP contribution is 2.48. The zero-order chi connectivity index (χ0) is 51.5. The number of likely N-dealkylation sites (tertiary alicyclic amines) is 1. The van der Waals surface area contributed by atoms with Crippen molar-refractivity contribution in [3.8, 4) is 0 Å². The number of hydrogen-bond acceptors (Lipinski definition) is 13. The molecule has 10 amide bonds. The first-order valence-corrected chi connectivity index (χ1v) is 25.9. The number of amides is 10. The van der Waals surface area contributed by atoms with Crippen LogP contribution in [0.2, 0.25) is 0 Å². The minimum absolute atomic E-state index is 0.0124. The predicted octanol–water partition coefficient (Wildman–Crippen LogP) is -2.18. The van der Waals surface area contributed by atoms with Crippen LogP contribution in [0.25, 0.3) is 0 Å². The summed E-state index contributed by atoms with van der Waals surface area (Å²) in [6.45, 7) is 4.51. The van der Waals surface area contributed by atoms with Crippen LogP contribution in [0.15, 0.2) is 35.3 Å². The lowest BCUT2D eigenvalue weighted by molar-refractivity contribution is -0.142. The van der Waals surface area contributed by atoms with E-state index in [1.807, 2.05) is 0 Å². The predicted molar refractivity (Wildman–Crippen MR) is 263 cm³/mol. The van der Waals surface area contributed by atoms with E-state index in [9.17, 15) is 47.9 Å². The summed E-state index contributed by atoms with van der Waals surface area (Å²) in [6, 6.07) is -0.000655. The van der Waals surface area contributed by atoms with Gasteiger partial charge < -0.3 is 65.1 Å². The lowest BCUT2D eigenvalue weighted by atomic mass is 9.85. The average molecular weight is 1020 g/mol. The largest absolute Gasteiger partial charge is 0.370 e. The molecule has 70 heavy (non-hydrogen) atoms. The van der Waals surface area contributed by atoms with E-state index in [4.69, 9.17) is 22.9 Å². The van der Waals surface area contributed by atoms with E-state index in [0.29, 0.717) is 24.8 Å². The average Bonchev–Trinajstić information content (AvgIpc) is 3.80. The number of primary amides is 2. The highest BCUT2D eigenvalue weighted by molar-refractivity contribution is 8.77. The second kappa shape index (κ2) is 27.3. The van der Waals surface area contributed by atoms with E-state index in [1.165, 1.54) is 33.4 Å². The number of carbonyl (C=O) groups excluding carboxylic acids is 10. The van der Waals surface area contributed by atoms with Crippen LogP contribution in [0.4, 0.5) is 0 Å². The smallest absolute Gasteiger partial charge is 0.246 e. The molecule has 4 rings (SSSR count). The number of nitrogens with one attached hydrogen (secondary N) is 7. The van der Waals surface area contributed by atoms with Crippen LogP contribution in [0.1, 0.15) is 97.0 Å². The summed E-state index contributed by atoms with van der Waals surface area (Å²) in [7, 11) is 2.60. The van der Waals surface area contributed by atoms with Crippen molar-refractivity contribution in [1.82, 2.24) is 42.1 Å².